The molecule has 4 N–H and O–H groups in total. The molecule has 0 fully saturated rings. The Morgan fingerprint density at radius 3 is 2.37 bits per heavy atom. The van der Waals surface area contributed by atoms with E-state index in [1.807, 2.05) is 27.7 Å². The lowest BCUT2D eigenvalue weighted by molar-refractivity contribution is -0.120. The summed E-state index contributed by atoms with van der Waals surface area (Å²) in [7, 11) is 0. The maximum Gasteiger partial charge on any atom is 0.318 e. The molecule has 0 unspecified atom stereocenters. The highest BCUT2D eigenvalue weighted by Gasteiger charge is 2.26. The van der Waals surface area contributed by atoms with Crippen molar-refractivity contribution in [2.24, 2.45) is 11.7 Å². The number of H-pyrrole nitrogens is 1. The topological polar surface area (TPSA) is 114 Å². The van der Waals surface area contributed by atoms with Crippen molar-refractivity contribution >= 4 is 23.7 Å². The Labute approximate surface area is 116 Å². The second-order valence-corrected chi connectivity index (χ2v) is 5.90. The molecule has 0 aliphatic carbocycles. The molecule has 19 heavy (non-hydrogen) atoms. The maximum atomic E-state index is 11.8. The maximum absolute atomic E-state index is 11.8. The Balaban J connectivity index is 2.77. The lowest BCUT2D eigenvalue weighted by atomic mass is 10.1. The zero-order valence-corrected chi connectivity index (χ0v) is 12.2. The number of hydrogen-bond donors (Lipinski definition) is 3. The average molecular weight is 285 g/mol. The highest BCUT2D eigenvalue weighted by molar-refractivity contribution is 8.00. The SMILES string of the molecule is CC(C)c1nc(S[C@H](C(=O)NC(N)=O)C(C)C)n[nH]1. The van der Waals surface area contributed by atoms with Crippen LogP contribution in [0, 0.1) is 5.92 Å². The van der Waals surface area contributed by atoms with Crippen LogP contribution < -0.4 is 11.1 Å². The molecule has 0 aliphatic heterocycles. The molecule has 1 atom stereocenters. The summed E-state index contributed by atoms with van der Waals surface area (Å²) in [4.78, 5) is 26.9. The Hall–Kier alpha value is -1.57. The van der Waals surface area contributed by atoms with E-state index in [-0.39, 0.29) is 11.8 Å². The predicted octanol–water partition coefficient (Wildman–Crippen LogP) is 1.24. The van der Waals surface area contributed by atoms with E-state index in [0.29, 0.717) is 5.16 Å². The molecule has 0 saturated carbocycles. The van der Waals surface area contributed by atoms with Crippen LogP contribution in [0.2, 0.25) is 0 Å². The Morgan fingerprint density at radius 1 is 1.32 bits per heavy atom. The van der Waals surface area contributed by atoms with Gasteiger partial charge in [0.2, 0.25) is 11.1 Å². The van der Waals surface area contributed by atoms with Gasteiger partial charge in [0, 0.05) is 5.92 Å². The fraction of sp³-hybridized carbons (Fsp3) is 0.636. The third-order valence-corrected chi connectivity index (χ3v) is 3.78. The summed E-state index contributed by atoms with van der Waals surface area (Å²) in [5.41, 5.74) is 4.95. The van der Waals surface area contributed by atoms with Crippen molar-refractivity contribution in [3.8, 4) is 0 Å². The van der Waals surface area contributed by atoms with Gasteiger partial charge in [-0.2, -0.15) is 0 Å². The van der Waals surface area contributed by atoms with Crippen LogP contribution in [0.15, 0.2) is 5.16 Å². The van der Waals surface area contributed by atoms with Gasteiger partial charge in [-0.25, -0.2) is 9.78 Å². The van der Waals surface area contributed by atoms with Gasteiger partial charge in [0.25, 0.3) is 0 Å². The second-order valence-electron chi connectivity index (χ2n) is 4.79. The summed E-state index contributed by atoms with van der Waals surface area (Å²) in [6, 6.07) is -0.853. The molecule has 0 saturated heterocycles. The van der Waals surface area contributed by atoms with E-state index in [1.54, 1.807) is 0 Å². The first kappa shape index (κ1) is 15.5. The second kappa shape index (κ2) is 6.55. The molecule has 0 aliphatic rings. The van der Waals surface area contributed by atoms with Gasteiger partial charge >= 0.3 is 6.03 Å². The molecule has 0 bridgehead atoms. The minimum atomic E-state index is -0.853. The molecule has 3 amide bonds. The largest absolute Gasteiger partial charge is 0.351 e. The number of primary amides is 1. The van der Waals surface area contributed by atoms with Crippen LogP contribution >= 0.6 is 11.8 Å². The lowest BCUT2D eigenvalue weighted by Gasteiger charge is -2.16. The first-order chi connectivity index (χ1) is 8.81. The van der Waals surface area contributed by atoms with Gasteiger partial charge in [0.15, 0.2) is 0 Å². The molecular weight excluding hydrogens is 266 g/mol. The normalized spacial score (nSPS) is 12.7. The number of hydrogen-bond acceptors (Lipinski definition) is 5. The molecule has 1 heterocycles. The molecule has 106 valence electrons. The van der Waals surface area contributed by atoms with Crippen LogP contribution in [0.1, 0.15) is 39.4 Å². The monoisotopic (exact) mass is 285 g/mol. The number of thioether (sulfide) groups is 1. The van der Waals surface area contributed by atoms with Gasteiger partial charge in [-0.3, -0.25) is 15.2 Å². The summed E-state index contributed by atoms with van der Waals surface area (Å²) in [6.07, 6.45) is 0. The van der Waals surface area contributed by atoms with Gasteiger partial charge in [0.05, 0.1) is 5.25 Å². The van der Waals surface area contributed by atoms with E-state index < -0.39 is 17.2 Å². The van der Waals surface area contributed by atoms with E-state index in [1.165, 1.54) is 11.8 Å². The van der Waals surface area contributed by atoms with Crippen LogP contribution in [0.5, 0.6) is 0 Å². The van der Waals surface area contributed by atoms with Crippen LogP contribution in [0.3, 0.4) is 0 Å². The van der Waals surface area contributed by atoms with Crippen LogP contribution in [0.25, 0.3) is 0 Å². The minimum Gasteiger partial charge on any atom is -0.351 e. The van der Waals surface area contributed by atoms with Gasteiger partial charge in [-0.15, -0.1) is 5.10 Å². The summed E-state index contributed by atoms with van der Waals surface area (Å²) in [5.74, 6) is 0.591. The third-order valence-electron chi connectivity index (χ3n) is 2.37. The van der Waals surface area contributed by atoms with Crippen molar-refractivity contribution in [1.82, 2.24) is 20.5 Å². The number of nitrogens with zero attached hydrogens (tertiary/aromatic N) is 2. The van der Waals surface area contributed by atoms with E-state index >= 15 is 0 Å². The van der Waals surface area contributed by atoms with E-state index in [2.05, 4.69) is 20.5 Å². The van der Waals surface area contributed by atoms with E-state index in [0.717, 1.165) is 5.82 Å². The minimum absolute atomic E-state index is 0.0188. The summed E-state index contributed by atoms with van der Waals surface area (Å²) in [6.45, 7) is 7.76. The fourth-order valence-corrected chi connectivity index (χ4v) is 2.28. The number of urea groups is 1. The molecule has 0 aromatic carbocycles. The number of nitrogens with one attached hydrogen (secondary N) is 2. The number of carbonyl (C=O) groups excluding carboxylic acids is 2. The molecule has 0 radical (unpaired) electrons. The Bertz CT molecular complexity index is 458. The standard InChI is InChI=1S/C11H19N5O2S/c1-5(2)7(9(17)14-10(12)18)19-11-13-8(6(3)4)15-16-11/h5-7H,1-4H3,(H,13,15,16)(H3,12,14,17,18)/t7-/m0/s1. The summed E-state index contributed by atoms with van der Waals surface area (Å²) < 4.78 is 0. The van der Waals surface area contributed by atoms with Crippen LogP contribution in [-0.2, 0) is 4.79 Å². The molecule has 1 aromatic heterocycles. The highest BCUT2D eigenvalue weighted by Crippen LogP contribution is 2.26. The number of amides is 3. The molecule has 1 rings (SSSR count). The van der Waals surface area contributed by atoms with Gasteiger partial charge in [-0.05, 0) is 5.92 Å². The van der Waals surface area contributed by atoms with Gasteiger partial charge < -0.3 is 5.73 Å². The van der Waals surface area contributed by atoms with E-state index in [9.17, 15) is 9.59 Å². The summed E-state index contributed by atoms with van der Waals surface area (Å²) in [5, 5.41) is 8.98. The van der Waals surface area contributed by atoms with Crippen molar-refractivity contribution in [3.63, 3.8) is 0 Å². The number of aromatic nitrogens is 3. The van der Waals surface area contributed by atoms with Crippen LogP contribution in [0.4, 0.5) is 4.79 Å². The Morgan fingerprint density at radius 2 is 1.95 bits per heavy atom. The van der Waals surface area contributed by atoms with Crippen molar-refractivity contribution in [1.29, 1.82) is 0 Å². The zero-order chi connectivity index (χ0) is 14.6. The smallest absolute Gasteiger partial charge is 0.318 e. The van der Waals surface area contributed by atoms with Crippen LogP contribution in [-0.4, -0.2) is 32.4 Å². The quantitative estimate of drug-likeness (QED) is 0.704. The predicted molar refractivity (Wildman–Crippen MR) is 72.7 cm³/mol. The average Bonchev–Trinajstić information content (AvgIpc) is 2.72. The molecule has 1 aromatic rings. The number of nitrogens with two attached hydrogens (primary N) is 1. The Kier molecular flexibility index (Phi) is 5.34. The number of carbonyl (C=O) groups is 2. The van der Waals surface area contributed by atoms with Gasteiger partial charge in [0.1, 0.15) is 5.82 Å². The number of imide groups is 1. The van der Waals surface area contributed by atoms with Crippen molar-refractivity contribution in [2.45, 2.75) is 44.0 Å². The fourth-order valence-electron chi connectivity index (χ4n) is 1.37. The van der Waals surface area contributed by atoms with Crippen molar-refractivity contribution in [3.05, 3.63) is 5.82 Å². The third kappa shape index (κ3) is 4.55. The van der Waals surface area contributed by atoms with Crippen molar-refractivity contribution < 1.29 is 9.59 Å². The van der Waals surface area contributed by atoms with Crippen molar-refractivity contribution in [2.75, 3.05) is 0 Å². The van der Waals surface area contributed by atoms with E-state index in [4.69, 9.17) is 5.73 Å². The molecular formula is C11H19N5O2S. The molecule has 0 spiro atoms. The number of aromatic amines is 1. The lowest BCUT2D eigenvalue weighted by Crippen LogP contribution is -2.42. The zero-order valence-electron chi connectivity index (χ0n) is 11.4. The number of rotatable bonds is 5. The molecule has 7 nitrogen and oxygen atoms in total. The molecule has 8 heteroatoms. The first-order valence-corrected chi connectivity index (χ1v) is 6.88. The highest BCUT2D eigenvalue weighted by atomic mass is 32.2. The summed E-state index contributed by atoms with van der Waals surface area (Å²) >= 11 is 1.21. The van der Waals surface area contributed by atoms with Gasteiger partial charge in [-0.1, -0.05) is 39.5 Å². The first-order valence-electron chi connectivity index (χ1n) is 6.00.